The van der Waals surface area contributed by atoms with Crippen LogP contribution in [0.4, 0.5) is 5.69 Å². The molecule has 4 heteroatoms. The smallest absolute Gasteiger partial charge is 0.120 e. The maximum Gasteiger partial charge on any atom is 0.120 e. The lowest BCUT2D eigenvalue weighted by molar-refractivity contribution is 0.413. The van der Waals surface area contributed by atoms with Crippen LogP contribution >= 0.6 is 12.2 Å². The van der Waals surface area contributed by atoms with Crippen LogP contribution in [-0.2, 0) is 0 Å². The van der Waals surface area contributed by atoms with E-state index in [9.17, 15) is 0 Å². The van der Waals surface area contributed by atoms with Gasteiger partial charge in [0.05, 0.1) is 12.8 Å². The molecule has 0 fully saturated rings. The molecule has 18 heavy (non-hydrogen) atoms. The van der Waals surface area contributed by atoms with E-state index in [1.807, 2.05) is 18.2 Å². The summed E-state index contributed by atoms with van der Waals surface area (Å²) < 4.78 is 5.28. The van der Waals surface area contributed by atoms with Gasteiger partial charge in [-0.1, -0.05) is 19.1 Å². The zero-order valence-corrected chi connectivity index (χ0v) is 12.6. The third-order valence-electron chi connectivity index (χ3n) is 3.60. The Hall–Kier alpha value is -1.29. The first-order valence-corrected chi connectivity index (χ1v) is 6.46. The Morgan fingerprint density at radius 1 is 1.44 bits per heavy atom. The number of hydrogen-bond acceptors (Lipinski definition) is 3. The first-order chi connectivity index (χ1) is 8.33. The van der Waals surface area contributed by atoms with Crippen molar-refractivity contribution in [2.45, 2.75) is 32.7 Å². The van der Waals surface area contributed by atoms with Crippen molar-refractivity contribution in [3.63, 3.8) is 0 Å². The van der Waals surface area contributed by atoms with Crippen molar-refractivity contribution in [3.05, 3.63) is 23.8 Å². The van der Waals surface area contributed by atoms with E-state index in [0.29, 0.717) is 4.99 Å². The fourth-order valence-corrected chi connectivity index (χ4v) is 1.86. The Bertz CT molecular complexity index is 443. The number of rotatable bonds is 5. The van der Waals surface area contributed by atoms with Crippen molar-refractivity contribution < 1.29 is 4.74 Å². The molecule has 0 amide bonds. The summed E-state index contributed by atoms with van der Waals surface area (Å²) in [7, 11) is 3.71. The zero-order valence-electron chi connectivity index (χ0n) is 11.8. The monoisotopic (exact) mass is 266 g/mol. The first kappa shape index (κ1) is 14.8. The van der Waals surface area contributed by atoms with E-state index in [4.69, 9.17) is 22.7 Å². The lowest BCUT2D eigenvalue weighted by Crippen LogP contribution is -2.41. The predicted molar refractivity (Wildman–Crippen MR) is 81.7 cm³/mol. The molecule has 0 saturated carbocycles. The van der Waals surface area contributed by atoms with Gasteiger partial charge in [0.1, 0.15) is 10.7 Å². The Morgan fingerprint density at radius 2 is 2.06 bits per heavy atom. The van der Waals surface area contributed by atoms with Crippen LogP contribution in [0, 0.1) is 0 Å². The molecular formula is C14H22N2OS. The van der Waals surface area contributed by atoms with Crippen LogP contribution in [0.25, 0.3) is 0 Å². The molecule has 100 valence electrons. The van der Waals surface area contributed by atoms with Gasteiger partial charge >= 0.3 is 0 Å². The summed E-state index contributed by atoms with van der Waals surface area (Å²) in [5.74, 6) is 0.809. The number of nitrogens with zero attached hydrogens (tertiary/aromatic N) is 1. The summed E-state index contributed by atoms with van der Waals surface area (Å²) in [6.07, 6.45) is 1.03. The van der Waals surface area contributed by atoms with E-state index in [-0.39, 0.29) is 5.54 Å². The average molecular weight is 266 g/mol. The SMILES string of the molecule is CCC(C)(C)N(C)c1cc(OC)ccc1C(N)=S. The van der Waals surface area contributed by atoms with E-state index in [2.05, 4.69) is 32.7 Å². The molecule has 1 aromatic rings. The van der Waals surface area contributed by atoms with Crippen LogP contribution in [-0.4, -0.2) is 24.7 Å². The second-order valence-corrected chi connectivity index (χ2v) is 5.41. The molecule has 0 radical (unpaired) electrons. The fourth-order valence-electron chi connectivity index (χ4n) is 1.69. The molecule has 0 aromatic heterocycles. The molecule has 1 rings (SSSR count). The number of benzene rings is 1. The molecule has 0 unspecified atom stereocenters. The van der Waals surface area contributed by atoms with E-state index < -0.39 is 0 Å². The van der Waals surface area contributed by atoms with Gasteiger partial charge in [-0.3, -0.25) is 0 Å². The Morgan fingerprint density at radius 3 is 2.50 bits per heavy atom. The highest BCUT2D eigenvalue weighted by molar-refractivity contribution is 7.80. The summed E-state index contributed by atoms with van der Waals surface area (Å²) in [5.41, 5.74) is 7.72. The van der Waals surface area contributed by atoms with Crippen molar-refractivity contribution >= 4 is 22.9 Å². The van der Waals surface area contributed by atoms with Crippen LogP contribution in [0.5, 0.6) is 5.75 Å². The summed E-state index contributed by atoms with van der Waals surface area (Å²) in [4.78, 5) is 2.61. The van der Waals surface area contributed by atoms with Gasteiger partial charge in [0.15, 0.2) is 0 Å². The minimum atomic E-state index is 0.0336. The van der Waals surface area contributed by atoms with E-state index >= 15 is 0 Å². The van der Waals surface area contributed by atoms with Crippen molar-refractivity contribution in [1.82, 2.24) is 0 Å². The lowest BCUT2D eigenvalue weighted by Gasteiger charge is -2.38. The second kappa shape index (κ2) is 5.57. The molecule has 0 bridgehead atoms. The number of nitrogens with two attached hydrogens (primary N) is 1. The van der Waals surface area contributed by atoms with Gasteiger partial charge in [-0.25, -0.2) is 0 Å². The third kappa shape index (κ3) is 2.93. The number of anilines is 1. The van der Waals surface area contributed by atoms with Gasteiger partial charge < -0.3 is 15.4 Å². The van der Waals surface area contributed by atoms with Gasteiger partial charge in [-0.15, -0.1) is 0 Å². The minimum absolute atomic E-state index is 0.0336. The fraction of sp³-hybridized carbons (Fsp3) is 0.500. The van der Waals surface area contributed by atoms with Crippen LogP contribution in [0.15, 0.2) is 18.2 Å². The Balaban J connectivity index is 3.31. The maximum atomic E-state index is 5.79. The maximum absolute atomic E-state index is 5.79. The van der Waals surface area contributed by atoms with Gasteiger partial charge in [0.25, 0.3) is 0 Å². The molecule has 3 nitrogen and oxygen atoms in total. The largest absolute Gasteiger partial charge is 0.497 e. The topological polar surface area (TPSA) is 38.5 Å². The Kier molecular flexibility index (Phi) is 4.57. The van der Waals surface area contributed by atoms with Gasteiger partial charge in [-0.2, -0.15) is 0 Å². The normalized spacial score (nSPS) is 11.2. The second-order valence-electron chi connectivity index (χ2n) is 4.97. The number of ether oxygens (including phenoxy) is 1. The van der Waals surface area contributed by atoms with E-state index in [1.165, 1.54) is 0 Å². The molecular weight excluding hydrogens is 244 g/mol. The summed E-state index contributed by atoms with van der Waals surface area (Å²) >= 11 is 5.12. The number of hydrogen-bond donors (Lipinski definition) is 1. The van der Waals surface area contributed by atoms with Crippen molar-refractivity contribution in [2.75, 3.05) is 19.1 Å². The zero-order chi connectivity index (χ0) is 13.9. The molecule has 2 N–H and O–H groups in total. The van der Waals surface area contributed by atoms with Gasteiger partial charge in [0, 0.05) is 24.2 Å². The van der Waals surface area contributed by atoms with Crippen molar-refractivity contribution in [1.29, 1.82) is 0 Å². The number of thiocarbonyl (C=S) groups is 1. The third-order valence-corrected chi connectivity index (χ3v) is 3.82. The molecule has 0 saturated heterocycles. The van der Waals surface area contributed by atoms with E-state index in [0.717, 1.165) is 23.4 Å². The quantitative estimate of drug-likeness (QED) is 0.832. The standard InChI is InChI=1S/C14H22N2OS/c1-6-14(2,3)16(4)12-9-10(17-5)7-8-11(12)13(15)18/h7-9H,6H2,1-5H3,(H2,15,18). The lowest BCUT2D eigenvalue weighted by atomic mass is 9.98. The predicted octanol–water partition coefficient (Wildman–Crippen LogP) is 2.95. The van der Waals surface area contributed by atoms with Crippen LogP contribution in [0.2, 0.25) is 0 Å². The van der Waals surface area contributed by atoms with Crippen LogP contribution < -0.4 is 15.4 Å². The van der Waals surface area contributed by atoms with Crippen molar-refractivity contribution in [3.8, 4) is 5.75 Å². The van der Waals surface area contributed by atoms with Gasteiger partial charge in [0.2, 0.25) is 0 Å². The van der Waals surface area contributed by atoms with Crippen LogP contribution in [0.1, 0.15) is 32.8 Å². The summed E-state index contributed by atoms with van der Waals surface area (Å²) in [6, 6.07) is 5.77. The summed E-state index contributed by atoms with van der Waals surface area (Å²) in [6.45, 7) is 6.54. The van der Waals surface area contributed by atoms with Crippen LogP contribution in [0.3, 0.4) is 0 Å². The highest BCUT2D eigenvalue weighted by atomic mass is 32.1. The number of methoxy groups -OCH3 is 1. The average Bonchev–Trinajstić information content (AvgIpc) is 2.36. The first-order valence-electron chi connectivity index (χ1n) is 6.05. The highest BCUT2D eigenvalue weighted by Crippen LogP contribution is 2.31. The summed E-state index contributed by atoms with van der Waals surface area (Å²) in [5, 5.41) is 0. The molecule has 1 aromatic carbocycles. The molecule has 0 atom stereocenters. The van der Waals surface area contributed by atoms with Crippen molar-refractivity contribution in [2.24, 2.45) is 5.73 Å². The molecule has 0 aliphatic rings. The Labute approximate surface area is 115 Å². The molecule has 0 aliphatic heterocycles. The molecule has 0 heterocycles. The molecule has 0 spiro atoms. The minimum Gasteiger partial charge on any atom is -0.497 e. The van der Waals surface area contributed by atoms with E-state index in [1.54, 1.807) is 7.11 Å². The highest BCUT2D eigenvalue weighted by Gasteiger charge is 2.24. The molecule has 0 aliphatic carbocycles. The van der Waals surface area contributed by atoms with Gasteiger partial charge in [-0.05, 0) is 32.4 Å².